The molecule has 0 bridgehead atoms. The minimum absolute atomic E-state index is 0.0111. The topological polar surface area (TPSA) is 40.6 Å². The van der Waals surface area contributed by atoms with Crippen LogP contribution in [0.25, 0.3) is 0 Å². The van der Waals surface area contributed by atoms with Crippen LogP contribution in [0.3, 0.4) is 0 Å². The Labute approximate surface area is 194 Å². The van der Waals surface area contributed by atoms with Gasteiger partial charge in [-0.1, -0.05) is 43.0 Å². The van der Waals surface area contributed by atoms with Crippen molar-refractivity contribution in [2.45, 2.75) is 57.5 Å². The Balaban J connectivity index is 1.41. The summed E-state index contributed by atoms with van der Waals surface area (Å²) in [5.41, 5.74) is 1.58. The zero-order valence-corrected chi connectivity index (χ0v) is 19.1. The summed E-state index contributed by atoms with van der Waals surface area (Å²) in [5, 5.41) is 0.606. The van der Waals surface area contributed by atoms with Crippen molar-refractivity contribution >= 4 is 23.4 Å². The lowest BCUT2D eigenvalue weighted by Gasteiger charge is -2.39. The molecule has 2 fully saturated rings. The van der Waals surface area contributed by atoms with Gasteiger partial charge in [-0.05, 0) is 67.6 Å². The van der Waals surface area contributed by atoms with E-state index in [1.54, 1.807) is 36.4 Å². The lowest BCUT2D eigenvalue weighted by atomic mass is 9.90. The van der Waals surface area contributed by atoms with Crippen LogP contribution in [0.2, 0.25) is 5.02 Å². The number of amides is 2. The van der Waals surface area contributed by atoms with Gasteiger partial charge in [-0.25, -0.2) is 4.39 Å². The number of rotatable bonds is 5. The standard InChI is InChI=1S/C26H30ClFN2O2/c27-22-10-8-20(9-11-22)25(31)29-16-14-21(15-17-29)26(32)30(24-4-2-1-3-5-24)18-19-6-12-23(28)13-7-19/h6-13,21,24H,1-5,14-18H2. The molecule has 32 heavy (non-hydrogen) atoms. The zero-order valence-electron chi connectivity index (χ0n) is 18.3. The molecule has 6 heteroatoms. The summed E-state index contributed by atoms with van der Waals surface area (Å²) >= 11 is 5.93. The fourth-order valence-electron chi connectivity index (χ4n) is 4.91. The molecule has 1 aliphatic carbocycles. The van der Waals surface area contributed by atoms with Gasteiger partial charge in [0, 0.05) is 42.2 Å². The number of nitrogens with zero attached hydrogens (tertiary/aromatic N) is 2. The summed E-state index contributed by atoms with van der Waals surface area (Å²) in [6.07, 6.45) is 6.91. The van der Waals surface area contributed by atoms with E-state index in [2.05, 4.69) is 0 Å². The van der Waals surface area contributed by atoms with E-state index in [1.807, 2.05) is 9.80 Å². The van der Waals surface area contributed by atoms with Crippen LogP contribution in [0.1, 0.15) is 60.9 Å². The summed E-state index contributed by atoms with van der Waals surface area (Å²) in [5.74, 6) is -0.170. The number of carbonyl (C=O) groups is 2. The van der Waals surface area contributed by atoms with Crippen molar-refractivity contribution in [3.05, 3.63) is 70.5 Å². The van der Waals surface area contributed by atoms with E-state index in [0.717, 1.165) is 31.2 Å². The van der Waals surface area contributed by atoms with Gasteiger partial charge in [0.15, 0.2) is 0 Å². The van der Waals surface area contributed by atoms with Gasteiger partial charge >= 0.3 is 0 Å². The summed E-state index contributed by atoms with van der Waals surface area (Å²) < 4.78 is 13.4. The predicted molar refractivity (Wildman–Crippen MR) is 124 cm³/mol. The van der Waals surface area contributed by atoms with Gasteiger partial charge in [0.1, 0.15) is 5.82 Å². The number of halogens is 2. The van der Waals surface area contributed by atoms with E-state index in [9.17, 15) is 14.0 Å². The van der Waals surface area contributed by atoms with Crippen molar-refractivity contribution in [1.82, 2.24) is 9.80 Å². The van der Waals surface area contributed by atoms with Crippen LogP contribution in [-0.2, 0) is 11.3 Å². The van der Waals surface area contributed by atoms with Crippen molar-refractivity contribution in [1.29, 1.82) is 0 Å². The summed E-state index contributed by atoms with van der Waals surface area (Å²) in [6.45, 7) is 1.67. The number of likely N-dealkylation sites (tertiary alicyclic amines) is 1. The smallest absolute Gasteiger partial charge is 0.253 e. The van der Waals surface area contributed by atoms with Crippen molar-refractivity contribution in [3.63, 3.8) is 0 Å². The van der Waals surface area contributed by atoms with Crippen molar-refractivity contribution < 1.29 is 14.0 Å². The molecule has 2 aliphatic rings. The Morgan fingerprint density at radius 3 is 2.16 bits per heavy atom. The van der Waals surface area contributed by atoms with Crippen molar-refractivity contribution in [2.75, 3.05) is 13.1 Å². The molecule has 2 aromatic carbocycles. The monoisotopic (exact) mass is 456 g/mol. The van der Waals surface area contributed by atoms with Crippen LogP contribution in [0.4, 0.5) is 4.39 Å². The van der Waals surface area contributed by atoms with Gasteiger partial charge in [-0.2, -0.15) is 0 Å². The third-order valence-corrected chi connectivity index (χ3v) is 7.04. The van der Waals surface area contributed by atoms with Crippen LogP contribution >= 0.6 is 11.6 Å². The van der Waals surface area contributed by atoms with Gasteiger partial charge in [0.2, 0.25) is 5.91 Å². The van der Waals surface area contributed by atoms with Crippen molar-refractivity contribution in [3.8, 4) is 0 Å². The molecule has 0 radical (unpaired) electrons. The molecule has 170 valence electrons. The summed E-state index contributed by atoms with van der Waals surface area (Å²) in [7, 11) is 0. The predicted octanol–water partition coefficient (Wildman–Crippen LogP) is 5.69. The van der Waals surface area contributed by atoms with E-state index in [4.69, 9.17) is 11.6 Å². The lowest BCUT2D eigenvalue weighted by molar-refractivity contribution is -0.140. The van der Waals surface area contributed by atoms with Crippen LogP contribution in [-0.4, -0.2) is 40.7 Å². The number of carbonyl (C=O) groups excluding carboxylic acids is 2. The first-order valence-electron chi connectivity index (χ1n) is 11.6. The number of benzene rings is 2. The molecule has 1 saturated heterocycles. The van der Waals surface area contributed by atoms with Crippen molar-refractivity contribution in [2.24, 2.45) is 5.92 Å². The first kappa shape index (κ1) is 22.8. The number of hydrogen-bond donors (Lipinski definition) is 0. The molecule has 0 atom stereocenters. The highest BCUT2D eigenvalue weighted by Crippen LogP contribution is 2.29. The van der Waals surface area contributed by atoms with Crippen LogP contribution in [0, 0.1) is 11.7 Å². The first-order chi connectivity index (χ1) is 15.5. The summed E-state index contributed by atoms with van der Waals surface area (Å²) in [4.78, 5) is 30.2. The largest absolute Gasteiger partial charge is 0.339 e. The number of piperidine rings is 1. The maximum absolute atomic E-state index is 13.6. The van der Waals surface area contributed by atoms with Gasteiger partial charge in [-0.3, -0.25) is 9.59 Å². The highest BCUT2D eigenvalue weighted by Gasteiger charge is 2.34. The Bertz CT molecular complexity index is 918. The molecule has 0 spiro atoms. The zero-order chi connectivity index (χ0) is 22.5. The van der Waals surface area contributed by atoms with E-state index < -0.39 is 0 Å². The molecular weight excluding hydrogens is 427 g/mol. The third-order valence-electron chi connectivity index (χ3n) is 6.79. The maximum atomic E-state index is 13.6. The van der Waals surface area contributed by atoms with Gasteiger partial charge in [0.25, 0.3) is 5.91 Å². The molecule has 4 rings (SSSR count). The van der Waals surface area contributed by atoms with E-state index >= 15 is 0 Å². The third kappa shape index (κ3) is 5.50. The van der Waals surface area contributed by atoms with E-state index in [-0.39, 0.29) is 29.6 Å². The number of hydrogen-bond acceptors (Lipinski definition) is 2. The van der Waals surface area contributed by atoms with Gasteiger partial charge in [0.05, 0.1) is 0 Å². The molecule has 2 aromatic rings. The van der Waals surface area contributed by atoms with E-state index in [1.165, 1.54) is 18.6 Å². The Hall–Kier alpha value is -2.40. The molecule has 1 heterocycles. The molecule has 1 saturated carbocycles. The Kier molecular flexibility index (Phi) is 7.46. The molecule has 0 N–H and O–H groups in total. The quantitative estimate of drug-likeness (QED) is 0.579. The van der Waals surface area contributed by atoms with E-state index in [0.29, 0.717) is 43.1 Å². The molecular formula is C26H30ClFN2O2. The normalized spacial score (nSPS) is 17.9. The second-order valence-corrected chi connectivity index (χ2v) is 9.39. The molecule has 1 aliphatic heterocycles. The highest BCUT2D eigenvalue weighted by molar-refractivity contribution is 6.30. The minimum atomic E-state index is -0.262. The summed E-state index contributed by atoms with van der Waals surface area (Å²) in [6, 6.07) is 13.6. The van der Waals surface area contributed by atoms with Gasteiger partial charge < -0.3 is 9.80 Å². The second-order valence-electron chi connectivity index (χ2n) is 8.96. The average Bonchev–Trinajstić information content (AvgIpc) is 2.84. The highest BCUT2D eigenvalue weighted by atomic mass is 35.5. The average molecular weight is 457 g/mol. The molecule has 0 unspecified atom stereocenters. The molecule has 0 aromatic heterocycles. The Morgan fingerprint density at radius 1 is 0.906 bits per heavy atom. The Morgan fingerprint density at radius 2 is 1.53 bits per heavy atom. The fraction of sp³-hybridized carbons (Fsp3) is 0.462. The minimum Gasteiger partial charge on any atom is -0.339 e. The van der Waals surface area contributed by atoms with Crippen LogP contribution in [0.15, 0.2) is 48.5 Å². The maximum Gasteiger partial charge on any atom is 0.253 e. The van der Waals surface area contributed by atoms with Crippen LogP contribution in [0.5, 0.6) is 0 Å². The first-order valence-corrected chi connectivity index (χ1v) is 12.0. The second kappa shape index (κ2) is 10.5. The lowest BCUT2D eigenvalue weighted by Crippen LogP contribution is -2.47. The fourth-order valence-corrected chi connectivity index (χ4v) is 5.03. The molecule has 4 nitrogen and oxygen atoms in total. The van der Waals surface area contributed by atoms with Gasteiger partial charge in [-0.15, -0.1) is 0 Å². The SMILES string of the molecule is O=C(c1ccc(Cl)cc1)N1CCC(C(=O)N(Cc2ccc(F)cc2)C2CCCCC2)CC1. The molecule has 2 amide bonds. The van der Waals surface area contributed by atoms with Crippen LogP contribution < -0.4 is 0 Å².